The second kappa shape index (κ2) is 6.19. The molecule has 2 heterocycles. The lowest BCUT2D eigenvalue weighted by Crippen LogP contribution is -2.40. The van der Waals surface area contributed by atoms with E-state index in [-0.39, 0.29) is 0 Å². The molecule has 1 N–H and O–H groups in total. The van der Waals surface area contributed by atoms with E-state index in [1.54, 1.807) is 0 Å². The summed E-state index contributed by atoms with van der Waals surface area (Å²) < 4.78 is 0. The third kappa shape index (κ3) is 3.56. The summed E-state index contributed by atoms with van der Waals surface area (Å²) in [6.45, 7) is 6.50. The molecule has 106 valence electrons. The molecule has 1 saturated heterocycles. The summed E-state index contributed by atoms with van der Waals surface area (Å²) in [7, 11) is 3.95. The SMILES string of the molecule is CC(C)NCC1CCCN1c1ccnc(N(C)C)n1. The molecule has 0 aliphatic carbocycles. The van der Waals surface area contributed by atoms with Crippen molar-refractivity contribution in [3.05, 3.63) is 12.3 Å². The number of anilines is 2. The number of nitrogens with zero attached hydrogens (tertiary/aromatic N) is 4. The minimum atomic E-state index is 0.533. The maximum Gasteiger partial charge on any atom is 0.226 e. The van der Waals surface area contributed by atoms with E-state index in [1.807, 2.05) is 31.3 Å². The Kier molecular flexibility index (Phi) is 4.58. The normalized spacial score (nSPS) is 19.2. The summed E-state index contributed by atoms with van der Waals surface area (Å²) >= 11 is 0. The van der Waals surface area contributed by atoms with Gasteiger partial charge < -0.3 is 15.1 Å². The van der Waals surface area contributed by atoms with Gasteiger partial charge in [-0.05, 0) is 18.9 Å². The Morgan fingerprint density at radius 1 is 1.47 bits per heavy atom. The van der Waals surface area contributed by atoms with Crippen molar-refractivity contribution in [2.24, 2.45) is 0 Å². The Bertz CT molecular complexity index is 405. The maximum absolute atomic E-state index is 4.64. The van der Waals surface area contributed by atoms with Crippen molar-refractivity contribution in [3.8, 4) is 0 Å². The summed E-state index contributed by atoms with van der Waals surface area (Å²) in [5.74, 6) is 1.83. The first-order valence-electron chi connectivity index (χ1n) is 7.08. The molecule has 0 amide bonds. The highest BCUT2D eigenvalue weighted by molar-refractivity contribution is 5.45. The van der Waals surface area contributed by atoms with Gasteiger partial charge in [0, 0.05) is 45.5 Å². The van der Waals surface area contributed by atoms with Crippen LogP contribution in [-0.4, -0.2) is 49.2 Å². The van der Waals surface area contributed by atoms with Crippen molar-refractivity contribution < 1.29 is 0 Å². The zero-order chi connectivity index (χ0) is 13.8. The summed E-state index contributed by atoms with van der Waals surface area (Å²) in [4.78, 5) is 13.3. The zero-order valence-electron chi connectivity index (χ0n) is 12.4. The summed E-state index contributed by atoms with van der Waals surface area (Å²) in [6.07, 6.45) is 4.33. The molecule has 2 rings (SSSR count). The molecule has 1 aromatic heterocycles. The number of aromatic nitrogens is 2. The molecule has 0 aromatic carbocycles. The predicted octanol–water partition coefficient (Wildman–Crippen LogP) is 1.51. The molecular weight excluding hydrogens is 238 g/mol. The van der Waals surface area contributed by atoms with E-state index in [1.165, 1.54) is 12.8 Å². The van der Waals surface area contributed by atoms with Gasteiger partial charge in [0.25, 0.3) is 0 Å². The fourth-order valence-electron chi connectivity index (χ4n) is 2.44. The molecule has 1 atom stereocenters. The van der Waals surface area contributed by atoms with Crippen LogP contribution in [0.1, 0.15) is 26.7 Å². The first-order chi connectivity index (χ1) is 9.08. The van der Waals surface area contributed by atoms with Crippen molar-refractivity contribution >= 4 is 11.8 Å². The highest BCUT2D eigenvalue weighted by Gasteiger charge is 2.25. The van der Waals surface area contributed by atoms with Crippen LogP contribution in [-0.2, 0) is 0 Å². The van der Waals surface area contributed by atoms with Gasteiger partial charge in [-0.3, -0.25) is 0 Å². The molecule has 0 saturated carbocycles. The first-order valence-corrected chi connectivity index (χ1v) is 7.08. The fraction of sp³-hybridized carbons (Fsp3) is 0.714. The average molecular weight is 263 g/mol. The van der Waals surface area contributed by atoms with Crippen LogP contribution in [0.2, 0.25) is 0 Å². The number of nitrogens with one attached hydrogen (secondary N) is 1. The smallest absolute Gasteiger partial charge is 0.226 e. The average Bonchev–Trinajstić information content (AvgIpc) is 2.84. The van der Waals surface area contributed by atoms with E-state index in [0.717, 1.165) is 24.9 Å². The van der Waals surface area contributed by atoms with Crippen LogP contribution in [0.3, 0.4) is 0 Å². The third-order valence-corrected chi connectivity index (χ3v) is 3.46. The predicted molar refractivity (Wildman–Crippen MR) is 79.9 cm³/mol. The van der Waals surface area contributed by atoms with Gasteiger partial charge in [0.2, 0.25) is 5.95 Å². The summed E-state index contributed by atoms with van der Waals surface area (Å²) in [5.41, 5.74) is 0. The van der Waals surface area contributed by atoms with Crippen LogP contribution in [0.15, 0.2) is 12.3 Å². The summed E-state index contributed by atoms with van der Waals surface area (Å²) in [6, 6.07) is 3.10. The number of hydrogen-bond acceptors (Lipinski definition) is 5. The maximum atomic E-state index is 4.64. The molecule has 5 heteroatoms. The fourth-order valence-corrected chi connectivity index (χ4v) is 2.44. The van der Waals surface area contributed by atoms with E-state index < -0.39 is 0 Å². The van der Waals surface area contributed by atoms with Crippen molar-refractivity contribution in [1.29, 1.82) is 0 Å². The highest BCUT2D eigenvalue weighted by atomic mass is 15.3. The molecule has 1 unspecified atom stereocenters. The lowest BCUT2D eigenvalue weighted by molar-refractivity contribution is 0.522. The molecule has 5 nitrogen and oxygen atoms in total. The third-order valence-electron chi connectivity index (χ3n) is 3.46. The minimum absolute atomic E-state index is 0.533. The Morgan fingerprint density at radius 2 is 2.26 bits per heavy atom. The molecule has 1 fully saturated rings. The minimum Gasteiger partial charge on any atom is -0.352 e. The standard InChI is InChI=1S/C14H25N5/c1-11(2)16-10-12-6-5-9-19(12)13-7-8-15-14(17-13)18(3)4/h7-8,11-12,16H,5-6,9-10H2,1-4H3. The molecule has 1 aliphatic rings. The summed E-state index contributed by atoms with van der Waals surface area (Å²) in [5, 5.41) is 3.53. The van der Waals surface area contributed by atoms with Crippen LogP contribution in [0.4, 0.5) is 11.8 Å². The van der Waals surface area contributed by atoms with Gasteiger partial charge in [0.15, 0.2) is 0 Å². The van der Waals surface area contributed by atoms with Crippen molar-refractivity contribution in [2.75, 3.05) is 37.0 Å². The molecule has 0 bridgehead atoms. The quantitative estimate of drug-likeness (QED) is 0.872. The van der Waals surface area contributed by atoms with Crippen molar-refractivity contribution in [2.45, 2.75) is 38.8 Å². The van der Waals surface area contributed by atoms with E-state index in [9.17, 15) is 0 Å². The van der Waals surface area contributed by atoms with Gasteiger partial charge in [0.1, 0.15) is 5.82 Å². The van der Waals surface area contributed by atoms with Gasteiger partial charge in [-0.1, -0.05) is 13.8 Å². The second-order valence-corrected chi connectivity index (χ2v) is 5.66. The van der Waals surface area contributed by atoms with E-state index in [2.05, 4.69) is 34.0 Å². The Balaban J connectivity index is 2.08. The van der Waals surface area contributed by atoms with Gasteiger partial charge in [0.05, 0.1) is 0 Å². The Hall–Kier alpha value is -1.36. The molecule has 1 aromatic rings. The van der Waals surface area contributed by atoms with Crippen LogP contribution in [0, 0.1) is 0 Å². The van der Waals surface area contributed by atoms with Crippen molar-refractivity contribution in [3.63, 3.8) is 0 Å². The second-order valence-electron chi connectivity index (χ2n) is 5.66. The van der Waals surface area contributed by atoms with Gasteiger partial charge >= 0.3 is 0 Å². The monoisotopic (exact) mass is 263 g/mol. The van der Waals surface area contributed by atoms with E-state index in [4.69, 9.17) is 0 Å². The van der Waals surface area contributed by atoms with Crippen LogP contribution >= 0.6 is 0 Å². The molecule has 19 heavy (non-hydrogen) atoms. The van der Waals surface area contributed by atoms with E-state index in [0.29, 0.717) is 12.1 Å². The number of rotatable bonds is 5. The van der Waals surface area contributed by atoms with Gasteiger partial charge in [-0.2, -0.15) is 4.98 Å². The highest BCUT2D eigenvalue weighted by Crippen LogP contribution is 2.24. The van der Waals surface area contributed by atoms with Gasteiger partial charge in [-0.25, -0.2) is 4.98 Å². The lowest BCUT2D eigenvalue weighted by atomic mass is 10.2. The molecular formula is C14H25N5. The first kappa shape index (κ1) is 14.1. The van der Waals surface area contributed by atoms with Crippen molar-refractivity contribution in [1.82, 2.24) is 15.3 Å². The van der Waals surface area contributed by atoms with E-state index >= 15 is 0 Å². The zero-order valence-corrected chi connectivity index (χ0v) is 12.4. The van der Waals surface area contributed by atoms with Crippen LogP contribution in [0.25, 0.3) is 0 Å². The Labute approximate surface area is 116 Å². The Morgan fingerprint density at radius 3 is 2.95 bits per heavy atom. The molecule has 1 aliphatic heterocycles. The number of hydrogen-bond donors (Lipinski definition) is 1. The molecule has 0 spiro atoms. The van der Waals surface area contributed by atoms with Crippen LogP contribution in [0.5, 0.6) is 0 Å². The lowest BCUT2D eigenvalue weighted by Gasteiger charge is -2.27. The largest absolute Gasteiger partial charge is 0.352 e. The molecule has 0 radical (unpaired) electrons. The van der Waals surface area contributed by atoms with Gasteiger partial charge in [-0.15, -0.1) is 0 Å². The van der Waals surface area contributed by atoms with Crippen LogP contribution < -0.4 is 15.1 Å². The topological polar surface area (TPSA) is 44.3 Å².